The van der Waals surface area contributed by atoms with Gasteiger partial charge in [-0.25, -0.2) is 4.18 Å². The Morgan fingerprint density at radius 1 is 0.650 bits per heavy atom. The molecule has 12 nitrogen and oxygen atoms in total. The molecule has 13 heteroatoms. The summed E-state index contributed by atoms with van der Waals surface area (Å²) in [6.07, 6.45) is 40.6. The summed E-state index contributed by atoms with van der Waals surface area (Å²) in [5.41, 5.74) is 0. The Hall–Kier alpha value is -2.72. The quantitative estimate of drug-likeness (QED) is 0.0202. The fourth-order valence-corrected chi connectivity index (χ4v) is 6.69. The zero-order chi connectivity index (χ0) is 43.9. The topological polar surface area (TPSA) is 178 Å². The van der Waals surface area contributed by atoms with E-state index in [9.17, 15) is 28.5 Å². The molecule has 1 fully saturated rings. The molecule has 6 unspecified atom stereocenters. The lowest BCUT2D eigenvalue weighted by Crippen LogP contribution is -2.60. The largest absolute Gasteiger partial charge is 0.457 e. The molecule has 60 heavy (non-hydrogen) atoms. The second-order valence-corrected chi connectivity index (χ2v) is 15.9. The second-order valence-electron chi connectivity index (χ2n) is 14.9. The maximum Gasteiger partial charge on any atom is 0.397 e. The summed E-state index contributed by atoms with van der Waals surface area (Å²) < 4.78 is 58.9. The van der Waals surface area contributed by atoms with Gasteiger partial charge in [0.25, 0.3) is 0 Å². The lowest BCUT2D eigenvalue weighted by atomic mass is 9.99. The number of aliphatic hydroxyl groups is 3. The van der Waals surface area contributed by atoms with Crippen LogP contribution in [0.3, 0.4) is 0 Å². The molecule has 1 aliphatic rings. The predicted octanol–water partition coefficient (Wildman–Crippen LogP) is 9.29. The maximum absolute atomic E-state index is 12.8. The van der Waals surface area contributed by atoms with Gasteiger partial charge < -0.3 is 34.3 Å². The van der Waals surface area contributed by atoms with Gasteiger partial charge in [0.1, 0.15) is 30.5 Å². The van der Waals surface area contributed by atoms with Gasteiger partial charge in [-0.2, -0.15) is 8.42 Å². The van der Waals surface area contributed by atoms with E-state index in [1.54, 1.807) is 0 Å². The third-order valence-electron chi connectivity index (χ3n) is 9.52. The Kier molecular flexibility index (Phi) is 35.0. The molecule has 0 spiro atoms. The van der Waals surface area contributed by atoms with E-state index in [2.05, 4.69) is 90.9 Å². The third kappa shape index (κ3) is 31.2. The van der Waals surface area contributed by atoms with E-state index in [1.165, 1.54) is 38.5 Å². The minimum Gasteiger partial charge on any atom is -0.457 e. The van der Waals surface area contributed by atoms with Crippen molar-refractivity contribution in [3.63, 3.8) is 0 Å². The van der Waals surface area contributed by atoms with Crippen LogP contribution < -0.4 is 0 Å². The van der Waals surface area contributed by atoms with Crippen LogP contribution in [0.5, 0.6) is 0 Å². The third-order valence-corrected chi connectivity index (χ3v) is 9.99. The number of allylic oxidation sites excluding steroid dienone is 13. The molecule has 1 rings (SSSR count). The van der Waals surface area contributed by atoms with Crippen molar-refractivity contribution in [1.82, 2.24) is 0 Å². The lowest BCUT2D eigenvalue weighted by molar-refractivity contribution is -0.301. The Morgan fingerprint density at radius 3 is 1.68 bits per heavy atom. The minimum absolute atomic E-state index is 0.0266. The van der Waals surface area contributed by atoms with Crippen molar-refractivity contribution >= 4 is 16.4 Å². The van der Waals surface area contributed by atoms with E-state index < -0.39 is 59.8 Å². The summed E-state index contributed by atoms with van der Waals surface area (Å²) in [5, 5.41) is 30.6. The SMILES string of the molecule is CC/C=C\C/C=C\C/C=C\C/C=C\C/C=C\CCOCC(COC1OC(CO)C(O)C(OS(=O)(=O)O)C1O)OC(=O)CCCCCCCCC/C=C\C/C=C\CCCCC. The number of hydrogen-bond acceptors (Lipinski definition) is 11. The first-order chi connectivity index (χ1) is 29.1. The van der Waals surface area contributed by atoms with Crippen LogP contribution in [0.25, 0.3) is 0 Å². The molecule has 0 aromatic carbocycles. The summed E-state index contributed by atoms with van der Waals surface area (Å²) >= 11 is 0. The van der Waals surface area contributed by atoms with Gasteiger partial charge >= 0.3 is 16.4 Å². The number of rotatable bonds is 37. The molecule has 1 saturated heterocycles. The molecule has 0 aromatic rings. The van der Waals surface area contributed by atoms with Crippen molar-refractivity contribution in [2.45, 2.75) is 179 Å². The average molecular weight is 867 g/mol. The zero-order valence-corrected chi connectivity index (χ0v) is 37.3. The molecule has 4 N–H and O–H groups in total. The zero-order valence-electron chi connectivity index (χ0n) is 36.5. The maximum atomic E-state index is 12.8. The van der Waals surface area contributed by atoms with Crippen LogP contribution in [0, 0.1) is 0 Å². The molecule has 344 valence electrons. The fraction of sp³-hybridized carbons (Fsp3) is 0.681. The highest BCUT2D eigenvalue weighted by Crippen LogP contribution is 2.26. The Labute approximate surface area is 362 Å². The van der Waals surface area contributed by atoms with Gasteiger partial charge in [0.15, 0.2) is 6.29 Å². The van der Waals surface area contributed by atoms with Gasteiger partial charge in [0, 0.05) is 6.42 Å². The molecule has 1 heterocycles. The van der Waals surface area contributed by atoms with Crippen molar-refractivity contribution in [3.8, 4) is 0 Å². The van der Waals surface area contributed by atoms with Crippen LogP contribution in [0.1, 0.15) is 142 Å². The molecule has 0 aliphatic carbocycles. The molecule has 1 aliphatic heterocycles. The Balaban J connectivity index is 2.50. The van der Waals surface area contributed by atoms with E-state index in [0.29, 0.717) is 19.4 Å². The monoisotopic (exact) mass is 867 g/mol. The highest BCUT2D eigenvalue weighted by Gasteiger charge is 2.48. The molecular weight excluding hydrogens is 789 g/mol. The molecule has 0 aromatic heterocycles. The van der Waals surface area contributed by atoms with Gasteiger partial charge in [0.2, 0.25) is 0 Å². The molecule has 0 amide bonds. The highest BCUT2D eigenvalue weighted by molar-refractivity contribution is 7.80. The summed E-state index contributed by atoms with van der Waals surface area (Å²) in [6.45, 7) is 3.59. The predicted molar refractivity (Wildman–Crippen MR) is 239 cm³/mol. The Morgan fingerprint density at radius 2 is 1.15 bits per heavy atom. The fourth-order valence-electron chi connectivity index (χ4n) is 6.18. The van der Waals surface area contributed by atoms with Gasteiger partial charge in [0.05, 0.1) is 26.4 Å². The van der Waals surface area contributed by atoms with E-state index in [1.807, 2.05) is 12.2 Å². The lowest BCUT2D eigenvalue weighted by Gasteiger charge is -2.41. The van der Waals surface area contributed by atoms with Crippen LogP contribution in [0.15, 0.2) is 85.1 Å². The number of esters is 1. The van der Waals surface area contributed by atoms with Crippen molar-refractivity contribution in [2.75, 3.05) is 26.4 Å². The van der Waals surface area contributed by atoms with Gasteiger partial charge in [-0.05, 0) is 77.0 Å². The summed E-state index contributed by atoms with van der Waals surface area (Å²) in [4.78, 5) is 12.8. The number of ether oxygens (including phenoxy) is 4. The van der Waals surface area contributed by atoms with E-state index in [0.717, 1.165) is 70.6 Å². The smallest absolute Gasteiger partial charge is 0.397 e. The molecule has 0 saturated carbocycles. The molecule has 0 bridgehead atoms. The second kappa shape index (κ2) is 38.0. The highest BCUT2D eigenvalue weighted by atomic mass is 32.3. The van der Waals surface area contributed by atoms with Crippen molar-refractivity contribution < 1.29 is 56.2 Å². The molecule has 0 radical (unpaired) electrons. The first-order valence-electron chi connectivity index (χ1n) is 22.3. The van der Waals surface area contributed by atoms with Crippen molar-refractivity contribution in [3.05, 3.63) is 85.1 Å². The average Bonchev–Trinajstić information content (AvgIpc) is 3.22. The molecule has 6 atom stereocenters. The van der Waals surface area contributed by atoms with E-state index in [-0.39, 0.29) is 19.6 Å². The first-order valence-corrected chi connectivity index (χ1v) is 23.7. The van der Waals surface area contributed by atoms with Crippen LogP contribution in [0.4, 0.5) is 0 Å². The summed E-state index contributed by atoms with van der Waals surface area (Å²) in [5.74, 6) is -0.436. The van der Waals surface area contributed by atoms with Gasteiger partial charge in [-0.15, -0.1) is 0 Å². The minimum atomic E-state index is -5.08. The number of unbranched alkanes of at least 4 members (excludes halogenated alkanes) is 10. The number of aliphatic hydroxyl groups excluding tert-OH is 3. The van der Waals surface area contributed by atoms with Crippen molar-refractivity contribution in [2.24, 2.45) is 0 Å². The summed E-state index contributed by atoms with van der Waals surface area (Å²) in [6, 6.07) is 0. The normalized spacial score (nSPS) is 21.1. The molecular formula is C47H78O12S. The van der Waals surface area contributed by atoms with Crippen LogP contribution in [-0.4, -0.2) is 97.5 Å². The number of hydrogen-bond donors (Lipinski definition) is 4. The van der Waals surface area contributed by atoms with Crippen LogP contribution >= 0.6 is 0 Å². The first kappa shape index (κ1) is 55.3. The number of carbonyl (C=O) groups is 1. The van der Waals surface area contributed by atoms with Gasteiger partial charge in [-0.1, -0.05) is 144 Å². The van der Waals surface area contributed by atoms with Crippen LogP contribution in [0.2, 0.25) is 0 Å². The van der Waals surface area contributed by atoms with Crippen molar-refractivity contribution in [1.29, 1.82) is 0 Å². The van der Waals surface area contributed by atoms with Gasteiger partial charge in [-0.3, -0.25) is 9.35 Å². The standard InChI is InChI=1S/C47H78O12S/c1-3-5-7-9-11-13-15-17-19-21-22-24-26-28-30-32-34-36-43(49)57-41(40-56-47-45(51)46(59-60(52,53)54)44(50)42(38-48)58-47)39-55-37-35-33-31-29-27-25-23-20-18-16-14-12-10-8-6-4-2/h6,8,11-14,17-20,25,27,31,33,41-42,44-48,50-51H,3-5,7,9-10,15-16,21-24,26,28-30,32,34-40H2,1-2H3,(H,52,53,54)/b8-6-,13-11-,14-12-,19-17-,20-18-,27-25-,33-31-. The summed E-state index contributed by atoms with van der Waals surface area (Å²) in [7, 11) is -5.08. The number of carbonyl (C=O) groups excluding carboxylic acids is 1. The Bertz CT molecular complexity index is 1370. The van der Waals surface area contributed by atoms with Crippen LogP contribution in [-0.2, 0) is 38.3 Å². The van der Waals surface area contributed by atoms with E-state index in [4.69, 9.17) is 23.5 Å². The van der Waals surface area contributed by atoms with E-state index >= 15 is 0 Å².